The van der Waals surface area contributed by atoms with Gasteiger partial charge in [-0.1, -0.05) is 30.7 Å². The summed E-state index contributed by atoms with van der Waals surface area (Å²) in [5.41, 5.74) is -1.72. The van der Waals surface area contributed by atoms with Crippen LogP contribution in [0, 0.1) is 0 Å². The summed E-state index contributed by atoms with van der Waals surface area (Å²) < 4.78 is 42.2. The lowest BCUT2D eigenvalue weighted by Crippen LogP contribution is -2.16. The van der Waals surface area contributed by atoms with Gasteiger partial charge >= 0.3 is 17.9 Å². The molecule has 1 amide bonds. The van der Waals surface area contributed by atoms with Crippen molar-refractivity contribution in [2.75, 3.05) is 0 Å². The van der Waals surface area contributed by atoms with Gasteiger partial charge in [-0.3, -0.25) is 10.1 Å². The summed E-state index contributed by atoms with van der Waals surface area (Å²) in [4.78, 5) is 35.1. The van der Waals surface area contributed by atoms with Crippen LogP contribution < -0.4 is 10.9 Å². The standard InChI is InChI=1S/C21H24F3NO6/c1-12(11-21(22,23)24)7-8-14(3)18(27)17-15(26)10-16(31-19(17)28)13(2)6-4-5-9-25-20(29)30/h5,7-10,13,25-26H,4,6,11H2,1-3H3,(H,29,30)/b9-5+,12-7+,14-8+. The maximum Gasteiger partial charge on any atom is 0.408 e. The van der Waals surface area contributed by atoms with E-state index in [1.54, 1.807) is 13.0 Å². The third kappa shape index (κ3) is 8.93. The number of nitrogens with one attached hydrogen (secondary N) is 1. The first-order valence-electron chi connectivity index (χ1n) is 9.28. The number of hydrogen-bond acceptors (Lipinski definition) is 5. The molecule has 1 unspecified atom stereocenters. The number of carboxylic acid groups (broad SMARTS) is 1. The summed E-state index contributed by atoms with van der Waals surface area (Å²) in [6.45, 7) is 4.29. The van der Waals surface area contributed by atoms with Crippen molar-refractivity contribution in [3.8, 4) is 5.75 Å². The SMILES string of the molecule is C/C(=C\C=C(/C)C(=O)c1c(O)cc(C(C)CC/C=C/NC(=O)O)oc1=O)CC(F)(F)F. The van der Waals surface area contributed by atoms with Gasteiger partial charge in [0.15, 0.2) is 5.78 Å². The number of carbonyl (C=O) groups is 2. The minimum Gasteiger partial charge on any atom is -0.507 e. The van der Waals surface area contributed by atoms with Crippen LogP contribution in [-0.2, 0) is 0 Å². The van der Waals surface area contributed by atoms with E-state index in [1.807, 2.05) is 0 Å². The second-order valence-electron chi connectivity index (χ2n) is 7.01. The van der Waals surface area contributed by atoms with Crippen LogP contribution in [0.25, 0.3) is 0 Å². The summed E-state index contributed by atoms with van der Waals surface area (Å²) in [6, 6.07) is 1.15. The van der Waals surface area contributed by atoms with Crippen LogP contribution in [0.15, 0.2) is 50.9 Å². The molecule has 10 heteroatoms. The number of amides is 1. The number of hydrogen-bond donors (Lipinski definition) is 3. The predicted octanol–water partition coefficient (Wildman–Crippen LogP) is 5.04. The van der Waals surface area contributed by atoms with Gasteiger partial charge in [0.1, 0.15) is 17.1 Å². The van der Waals surface area contributed by atoms with E-state index in [0.717, 1.165) is 18.2 Å². The van der Waals surface area contributed by atoms with Crippen molar-refractivity contribution in [1.82, 2.24) is 5.32 Å². The first-order chi connectivity index (χ1) is 14.3. The Morgan fingerprint density at radius 1 is 1.26 bits per heavy atom. The lowest BCUT2D eigenvalue weighted by atomic mass is 9.99. The molecule has 0 aliphatic rings. The lowest BCUT2D eigenvalue weighted by molar-refractivity contribution is -0.127. The molecule has 1 aromatic rings. The minimum atomic E-state index is -4.37. The highest BCUT2D eigenvalue weighted by molar-refractivity contribution is 6.09. The van der Waals surface area contributed by atoms with Crippen molar-refractivity contribution in [3.63, 3.8) is 0 Å². The number of rotatable bonds is 9. The van der Waals surface area contributed by atoms with Gasteiger partial charge in [0.05, 0.1) is 6.42 Å². The van der Waals surface area contributed by atoms with Crippen molar-refractivity contribution in [2.24, 2.45) is 0 Å². The third-order valence-electron chi connectivity index (χ3n) is 4.21. The van der Waals surface area contributed by atoms with Crippen LogP contribution in [0.3, 0.4) is 0 Å². The highest BCUT2D eigenvalue weighted by Gasteiger charge is 2.27. The van der Waals surface area contributed by atoms with Gasteiger partial charge in [0.25, 0.3) is 0 Å². The zero-order valence-electron chi connectivity index (χ0n) is 17.2. The molecule has 3 N–H and O–H groups in total. The number of aromatic hydroxyl groups is 1. The van der Waals surface area contributed by atoms with Crippen molar-refractivity contribution >= 4 is 11.9 Å². The Morgan fingerprint density at radius 2 is 1.90 bits per heavy atom. The second-order valence-corrected chi connectivity index (χ2v) is 7.01. The van der Waals surface area contributed by atoms with Gasteiger partial charge in [0.2, 0.25) is 0 Å². The van der Waals surface area contributed by atoms with Crippen molar-refractivity contribution in [1.29, 1.82) is 0 Å². The maximum atomic E-state index is 12.5. The van der Waals surface area contributed by atoms with Crippen LogP contribution in [0.2, 0.25) is 0 Å². The molecular weight excluding hydrogens is 419 g/mol. The molecule has 1 aromatic heterocycles. The number of carbonyl (C=O) groups excluding carboxylic acids is 1. The van der Waals surface area contributed by atoms with Gasteiger partial charge < -0.3 is 14.6 Å². The smallest absolute Gasteiger partial charge is 0.408 e. The lowest BCUT2D eigenvalue weighted by Gasteiger charge is -2.11. The topological polar surface area (TPSA) is 117 Å². The zero-order valence-corrected chi connectivity index (χ0v) is 17.2. The Morgan fingerprint density at radius 3 is 2.45 bits per heavy atom. The fraction of sp³-hybridized carbons (Fsp3) is 0.381. The molecule has 0 fully saturated rings. The molecule has 0 aliphatic heterocycles. The summed E-state index contributed by atoms with van der Waals surface area (Å²) >= 11 is 0. The average molecular weight is 443 g/mol. The number of halogens is 3. The van der Waals surface area contributed by atoms with Crippen LogP contribution in [0.4, 0.5) is 18.0 Å². The fourth-order valence-electron chi connectivity index (χ4n) is 2.57. The second kappa shape index (κ2) is 11.2. The van der Waals surface area contributed by atoms with Gasteiger partial charge in [-0.2, -0.15) is 13.2 Å². The molecule has 7 nitrogen and oxygen atoms in total. The highest BCUT2D eigenvalue weighted by Crippen LogP contribution is 2.26. The van der Waals surface area contributed by atoms with Crippen LogP contribution in [0.1, 0.15) is 62.1 Å². The molecule has 0 aromatic carbocycles. The molecule has 1 heterocycles. The van der Waals surface area contributed by atoms with E-state index >= 15 is 0 Å². The summed E-state index contributed by atoms with van der Waals surface area (Å²) in [7, 11) is 0. The normalized spacial score (nSPS) is 14.0. The van der Waals surface area contributed by atoms with Crippen LogP contribution in [0.5, 0.6) is 5.75 Å². The Labute approximate surface area is 176 Å². The van der Waals surface area contributed by atoms with Gasteiger partial charge in [0, 0.05) is 18.2 Å². The minimum absolute atomic E-state index is 0.0207. The first-order valence-corrected chi connectivity index (χ1v) is 9.28. The number of alkyl halides is 3. The van der Waals surface area contributed by atoms with E-state index in [4.69, 9.17) is 9.52 Å². The molecule has 1 rings (SSSR count). The van der Waals surface area contributed by atoms with Gasteiger partial charge in [-0.05, 0) is 32.3 Å². The Kier molecular flexibility index (Phi) is 9.29. The monoisotopic (exact) mass is 443 g/mol. The zero-order chi connectivity index (χ0) is 23.8. The van der Waals surface area contributed by atoms with Crippen molar-refractivity contribution < 1.29 is 37.4 Å². The Balaban J connectivity index is 2.95. The quantitative estimate of drug-likeness (QED) is 0.280. The largest absolute Gasteiger partial charge is 0.507 e. The number of allylic oxidation sites excluding steroid dienone is 5. The van der Waals surface area contributed by atoms with Crippen molar-refractivity contribution in [3.05, 3.63) is 63.4 Å². The number of Topliss-reactive ketones (excluding diaryl/α,β-unsaturated/α-hetero) is 1. The molecule has 0 aliphatic carbocycles. The summed E-state index contributed by atoms with van der Waals surface area (Å²) in [5.74, 6) is -1.62. The van der Waals surface area contributed by atoms with Crippen LogP contribution in [-0.4, -0.2) is 28.3 Å². The van der Waals surface area contributed by atoms with Crippen LogP contribution >= 0.6 is 0 Å². The Bertz CT molecular complexity index is 957. The van der Waals surface area contributed by atoms with E-state index in [1.165, 1.54) is 20.0 Å². The van der Waals surface area contributed by atoms with E-state index < -0.39 is 41.4 Å². The molecule has 0 saturated carbocycles. The molecule has 1 atom stereocenters. The average Bonchev–Trinajstić information content (AvgIpc) is 2.63. The number of ketones is 1. The van der Waals surface area contributed by atoms with Gasteiger partial charge in [-0.15, -0.1) is 0 Å². The van der Waals surface area contributed by atoms with Crippen molar-refractivity contribution in [2.45, 2.75) is 52.1 Å². The first kappa shape index (κ1) is 25.7. The molecule has 0 radical (unpaired) electrons. The predicted molar refractivity (Wildman–Crippen MR) is 107 cm³/mol. The molecule has 31 heavy (non-hydrogen) atoms. The Hall–Kier alpha value is -3.30. The molecule has 0 bridgehead atoms. The third-order valence-corrected chi connectivity index (χ3v) is 4.21. The van der Waals surface area contributed by atoms with E-state index in [2.05, 4.69) is 5.32 Å². The maximum absolute atomic E-state index is 12.5. The molecule has 0 saturated heterocycles. The van der Waals surface area contributed by atoms with E-state index in [-0.39, 0.29) is 22.8 Å². The van der Waals surface area contributed by atoms with E-state index in [0.29, 0.717) is 12.8 Å². The molecule has 0 spiro atoms. The summed E-state index contributed by atoms with van der Waals surface area (Å²) in [5, 5.41) is 20.7. The summed E-state index contributed by atoms with van der Waals surface area (Å²) in [6.07, 6.45) is -0.677. The molecule has 170 valence electrons. The van der Waals surface area contributed by atoms with Gasteiger partial charge in [-0.25, -0.2) is 9.59 Å². The molecular formula is C21H24F3NO6. The highest BCUT2D eigenvalue weighted by atomic mass is 19.4. The van der Waals surface area contributed by atoms with E-state index in [9.17, 15) is 32.7 Å². The fourth-order valence-corrected chi connectivity index (χ4v) is 2.57.